The monoisotopic (exact) mass is 360 g/mol. The quantitative estimate of drug-likeness (QED) is 0.412. The second-order valence-electron chi connectivity index (χ2n) is 7.32. The van der Waals surface area contributed by atoms with Crippen LogP contribution in [0.15, 0.2) is 55.1 Å². The molecule has 3 atom stereocenters. The van der Waals surface area contributed by atoms with Crippen molar-refractivity contribution >= 4 is 19.2 Å². The van der Waals surface area contributed by atoms with Gasteiger partial charge in [-0.05, 0) is 18.4 Å². The van der Waals surface area contributed by atoms with Crippen molar-refractivity contribution in [3.05, 3.63) is 55.1 Å². The van der Waals surface area contributed by atoms with E-state index >= 15 is 0 Å². The number of aliphatic hydroxyl groups excluding tert-OH is 1. The van der Waals surface area contributed by atoms with Gasteiger partial charge < -0.3 is 9.84 Å². The van der Waals surface area contributed by atoms with E-state index in [0.717, 1.165) is 0 Å². The van der Waals surface area contributed by atoms with E-state index in [4.69, 9.17) is 4.74 Å². The van der Waals surface area contributed by atoms with Crippen LogP contribution in [0.2, 0.25) is 18.6 Å². The fraction of sp³-hybridized carbons (Fsp3) is 0.476. The van der Waals surface area contributed by atoms with E-state index in [0.29, 0.717) is 0 Å². The van der Waals surface area contributed by atoms with E-state index < -0.39 is 20.1 Å². The van der Waals surface area contributed by atoms with Gasteiger partial charge in [0.1, 0.15) is 6.61 Å². The molecule has 0 fully saturated rings. The summed E-state index contributed by atoms with van der Waals surface area (Å²) >= 11 is 0. The van der Waals surface area contributed by atoms with Gasteiger partial charge in [0.15, 0.2) is 0 Å². The van der Waals surface area contributed by atoms with Crippen LogP contribution in [-0.4, -0.2) is 31.9 Å². The van der Waals surface area contributed by atoms with Crippen LogP contribution in [0, 0.1) is 11.8 Å². The number of benzene rings is 1. The van der Waals surface area contributed by atoms with Gasteiger partial charge in [-0.2, -0.15) is 0 Å². The van der Waals surface area contributed by atoms with Crippen LogP contribution in [0.3, 0.4) is 0 Å². The first-order valence-corrected chi connectivity index (χ1v) is 12.0. The summed E-state index contributed by atoms with van der Waals surface area (Å²) in [5, 5.41) is 12.0. The highest BCUT2D eigenvalue weighted by Crippen LogP contribution is 2.39. The topological polar surface area (TPSA) is 46.5 Å². The van der Waals surface area contributed by atoms with Crippen LogP contribution in [0.1, 0.15) is 20.8 Å². The smallest absolute Gasteiger partial charge is 0.312 e. The fourth-order valence-corrected chi connectivity index (χ4v) is 8.14. The number of carbonyl (C=O) groups excluding carboxylic acids is 1. The largest absolute Gasteiger partial charge is 0.461 e. The lowest BCUT2D eigenvalue weighted by molar-refractivity contribution is -0.151. The maximum absolute atomic E-state index is 12.8. The lowest BCUT2D eigenvalue weighted by atomic mass is 9.90. The maximum Gasteiger partial charge on any atom is 0.312 e. The van der Waals surface area contributed by atoms with Crippen molar-refractivity contribution in [2.45, 2.75) is 45.5 Å². The van der Waals surface area contributed by atoms with Crippen LogP contribution >= 0.6 is 0 Å². The molecule has 0 aliphatic heterocycles. The van der Waals surface area contributed by atoms with Crippen LogP contribution < -0.4 is 5.19 Å². The number of ether oxygens (including phenoxy) is 1. The molecule has 0 amide bonds. The second-order valence-corrected chi connectivity index (χ2v) is 12.0. The molecule has 3 nitrogen and oxygen atoms in total. The standard InChI is InChI=1S/C21H32O3Si/c1-7-12-18(22)19(21(23)24-15-8-2)20(16(3)4)25(5,6)17-13-10-9-11-14-17/h7-14,16,18-20,22H,2,15H2,1,3-6H3/b12-7+/t18-,19-,20+/m0/s1. The van der Waals surface area contributed by atoms with Gasteiger partial charge in [0.25, 0.3) is 0 Å². The van der Waals surface area contributed by atoms with Crippen LogP contribution in [0.4, 0.5) is 0 Å². The van der Waals surface area contributed by atoms with Crippen molar-refractivity contribution in [2.75, 3.05) is 6.61 Å². The number of esters is 1. The number of hydrogen-bond donors (Lipinski definition) is 1. The van der Waals surface area contributed by atoms with Crippen molar-refractivity contribution < 1.29 is 14.6 Å². The molecule has 4 heteroatoms. The van der Waals surface area contributed by atoms with E-state index in [9.17, 15) is 9.90 Å². The number of carbonyl (C=O) groups is 1. The maximum atomic E-state index is 12.8. The molecule has 1 aromatic rings. The zero-order chi connectivity index (χ0) is 19.0. The molecule has 0 heterocycles. The predicted molar refractivity (Wildman–Crippen MR) is 108 cm³/mol. The van der Waals surface area contributed by atoms with Gasteiger partial charge in [-0.15, -0.1) is 0 Å². The first kappa shape index (κ1) is 21.4. The summed E-state index contributed by atoms with van der Waals surface area (Å²) in [5.74, 6) is -0.693. The molecule has 25 heavy (non-hydrogen) atoms. The molecule has 0 bridgehead atoms. The lowest BCUT2D eigenvalue weighted by Crippen LogP contribution is -2.53. The van der Waals surface area contributed by atoms with Gasteiger partial charge in [0.05, 0.1) is 20.1 Å². The summed E-state index contributed by atoms with van der Waals surface area (Å²) in [6, 6.07) is 10.3. The lowest BCUT2D eigenvalue weighted by Gasteiger charge is -2.41. The summed E-state index contributed by atoms with van der Waals surface area (Å²) in [6.07, 6.45) is 4.17. The van der Waals surface area contributed by atoms with Gasteiger partial charge in [0, 0.05) is 0 Å². The van der Waals surface area contributed by atoms with Crippen LogP contribution in [0.5, 0.6) is 0 Å². The van der Waals surface area contributed by atoms with Crippen molar-refractivity contribution in [1.29, 1.82) is 0 Å². The molecule has 0 aromatic heterocycles. The molecule has 0 saturated carbocycles. The number of aliphatic hydroxyl groups is 1. The fourth-order valence-electron chi connectivity index (χ4n) is 3.81. The minimum atomic E-state index is -2.05. The Balaban J connectivity index is 3.36. The van der Waals surface area contributed by atoms with Crippen LogP contribution in [-0.2, 0) is 9.53 Å². The van der Waals surface area contributed by atoms with Gasteiger partial charge >= 0.3 is 5.97 Å². The Bertz CT molecular complexity index is 578. The van der Waals surface area contributed by atoms with Crippen molar-refractivity contribution in [3.8, 4) is 0 Å². The molecule has 1 rings (SSSR count). The first-order chi connectivity index (χ1) is 11.8. The molecule has 0 radical (unpaired) electrons. The molecule has 0 unspecified atom stereocenters. The molecule has 138 valence electrons. The summed E-state index contributed by atoms with van der Waals surface area (Å²) < 4.78 is 5.35. The Morgan fingerprint density at radius 3 is 2.36 bits per heavy atom. The molecule has 0 saturated heterocycles. The first-order valence-electron chi connectivity index (χ1n) is 8.91. The van der Waals surface area contributed by atoms with E-state index in [1.54, 1.807) is 18.2 Å². The Labute approximate surface area is 153 Å². The Morgan fingerprint density at radius 2 is 1.88 bits per heavy atom. The Kier molecular flexibility index (Phi) is 8.33. The third-order valence-corrected chi connectivity index (χ3v) is 9.34. The molecule has 1 aromatic carbocycles. The van der Waals surface area contributed by atoms with Crippen molar-refractivity contribution in [2.24, 2.45) is 11.8 Å². The second kappa shape index (κ2) is 9.73. The molecule has 0 aliphatic carbocycles. The Morgan fingerprint density at radius 1 is 1.28 bits per heavy atom. The highest BCUT2D eigenvalue weighted by molar-refractivity contribution is 6.91. The molecule has 0 aliphatic rings. The normalized spacial score (nSPS) is 15.8. The van der Waals surface area contributed by atoms with Gasteiger partial charge in [0.2, 0.25) is 0 Å². The highest BCUT2D eigenvalue weighted by atomic mass is 28.3. The van der Waals surface area contributed by atoms with E-state index in [-0.39, 0.29) is 24.0 Å². The van der Waals surface area contributed by atoms with Crippen LogP contribution in [0.25, 0.3) is 0 Å². The highest BCUT2D eigenvalue weighted by Gasteiger charge is 2.46. The molecule has 0 spiro atoms. The van der Waals surface area contributed by atoms with Gasteiger partial charge in [-0.25, -0.2) is 0 Å². The zero-order valence-corrected chi connectivity index (χ0v) is 17.1. The number of rotatable bonds is 9. The third-order valence-electron chi connectivity index (χ3n) is 4.83. The van der Waals surface area contributed by atoms with E-state index in [1.807, 2.05) is 25.1 Å². The van der Waals surface area contributed by atoms with Crippen molar-refractivity contribution in [3.63, 3.8) is 0 Å². The number of hydrogen-bond acceptors (Lipinski definition) is 3. The number of allylic oxidation sites excluding steroid dienone is 1. The predicted octanol–water partition coefficient (Wildman–Crippen LogP) is 3.91. The minimum Gasteiger partial charge on any atom is -0.461 e. The molecular formula is C21H32O3Si. The SMILES string of the molecule is C=CCOC(=O)[C@H]([C@@H](C(C)C)[Si](C)(C)c1ccccc1)[C@@H](O)/C=C/C. The average Bonchev–Trinajstić information content (AvgIpc) is 2.57. The summed E-state index contributed by atoms with van der Waals surface area (Å²) in [6.45, 7) is 14.4. The average molecular weight is 361 g/mol. The van der Waals surface area contributed by atoms with Gasteiger partial charge in [-0.1, -0.05) is 87.3 Å². The summed E-state index contributed by atoms with van der Waals surface area (Å²) in [7, 11) is -2.05. The van der Waals surface area contributed by atoms with E-state index in [2.05, 4.69) is 45.7 Å². The summed E-state index contributed by atoms with van der Waals surface area (Å²) in [5.41, 5.74) is 0.0402. The molecule has 1 N–H and O–H groups in total. The zero-order valence-electron chi connectivity index (χ0n) is 16.1. The van der Waals surface area contributed by atoms with E-state index in [1.165, 1.54) is 5.19 Å². The minimum absolute atomic E-state index is 0.0402. The summed E-state index contributed by atoms with van der Waals surface area (Å²) in [4.78, 5) is 12.8. The van der Waals surface area contributed by atoms with Crippen molar-refractivity contribution in [1.82, 2.24) is 0 Å². The third kappa shape index (κ3) is 5.41. The Hall–Kier alpha value is -1.65. The van der Waals surface area contributed by atoms with Gasteiger partial charge in [-0.3, -0.25) is 4.79 Å². The molecular weight excluding hydrogens is 328 g/mol.